The molecule has 0 saturated heterocycles. The van der Waals surface area contributed by atoms with Crippen molar-refractivity contribution >= 4 is 21.7 Å². The van der Waals surface area contributed by atoms with E-state index in [-0.39, 0.29) is 11.5 Å². The van der Waals surface area contributed by atoms with Gasteiger partial charge in [-0.3, -0.25) is 4.79 Å². The lowest BCUT2D eigenvalue weighted by molar-refractivity contribution is 0.101. The van der Waals surface area contributed by atoms with Crippen LogP contribution >= 0.6 is 15.9 Å². The van der Waals surface area contributed by atoms with E-state index in [0.29, 0.717) is 22.4 Å². The van der Waals surface area contributed by atoms with Crippen LogP contribution in [0.5, 0.6) is 11.5 Å². The molecule has 3 nitrogen and oxygen atoms in total. The molecule has 0 amide bonds. The van der Waals surface area contributed by atoms with E-state index in [1.54, 1.807) is 12.1 Å². The predicted octanol–water partition coefficient (Wildman–Crippen LogP) is 3.94. The molecule has 0 aliphatic heterocycles. The Kier molecular flexibility index (Phi) is 4.22. The Bertz CT molecular complexity index is 594. The third kappa shape index (κ3) is 3.15. The second-order valence-corrected chi connectivity index (χ2v) is 4.90. The molecule has 98 valence electrons. The molecule has 0 heterocycles. The number of hydrogen-bond donors (Lipinski definition) is 1. The number of hydrogen-bond acceptors (Lipinski definition) is 3. The van der Waals surface area contributed by atoms with Crippen LogP contribution in [0.15, 0.2) is 46.9 Å². The molecular formula is C15H13BrO3. The average Bonchev–Trinajstić information content (AvgIpc) is 2.41. The Hall–Kier alpha value is -1.81. The molecule has 2 rings (SSSR count). The zero-order valence-corrected chi connectivity index (χ0v) is 12.0. The van der Waals surface area contributed by atoms with Crippen molar-refractivity contribution in [3.63, 3.8) is 0 Å². The highest BCUT2D eigenvalue weighted by molar-refractivity contribution is 9.10. The van der Waals surface area contributed by atoms with Crippen molar-refractivity contribution < 1.29 is 14.6 Å². The number of aromatic hydroxyl groups is 1. The van der Waals surface area contributed by atoms with Gasteiger partial charge < -0.3 is 9.84 Å². The van der Waals surface area contributed by atoms with Gasteiger partial charge in [0.1, 0.15) is 6.61 Å². The lowest BCUT2D eigenvalue weighted by Crippen LogP contribution is -1.98. The Morgan fingerprint density at radius 3 is 2.53 bits per heavy atom. The van der Waals surface area contributed by atoms with Gasteiger partial charge >= 0.3 is 0 Å². The highest BCUT2D eigenvalue weighted by atomic mass is 79.9. The van der Waals surface area contributed by atoms with Crippen LogP contribution in [0.2, 0.25) is 0 Å². The van der Waals surface area contributed by atoms with Crippen LogP contribution in [0.25, 0.3) is 0 Å². The summed E-state index contributed by atoms with van der Waals surface area (Å²) in [6, 6.07) is 12.9. The number of phenolic OH excluding ortho intramolecular Hbond substituents is 1. The molecule has 0 radical (unpaired) electrons. The lowest BCUT2D eigenvalue weighted by Gasteiger charge is -2.11. The number of ketones is 1. The van der Waals surface area contributed by atoms with Crippen LogP contribution < -0.4 is 4.74 Å². The highest BCUT2D eigenvalue weighted by Crippen LogP contribution is 2.37. The van der Waals surface area contributed by atoms with Gasteiger partial charge in [-0.15, -0.1) is 0 Å². The van der Waals surface area contributed by atoms with Crippen molar-refractivity contribution in [2.45, 2.75) is 13.5 Å². The molecule has 0 aromatic heterocycles. The van der Waals surface area contributed by atoms with Gasteiger partial charge in [0.25, 0.3) is 0 Å². The molecule has 0 atom stereocenters. The highest BCUT2D eigenvalue weighted by Gasteiger charge is 2.14. The Morgan fingerprint density at radius 1 is 1.21 bits per heavy atom. The van der Waals surface area contributed by atoms with Gasteiger partial charge in [-0.05, 0) is 40.5 Å². The Balaban J connectivity index is 2.18. The number of carbonyl (C=O) groups is 1. The van der Waals surface area contributed by atoms with Crippen LogP contribution in [-0.2, 0) is 6.61 Å². The van der Waals surface area contributed by atoms with Crippen LogP contribution in [0, 0.1) is 0 Å². The third-order valence-corrected chi connectivity index (χ3v) is 3.50. The molecule has 2 aromatic rings. The minimum absolute atomic E-state index is 0.0522. The van der Waals surface area contributed by atoms with Gasteiger partial charge in [-0.2, -0.15) is 0 Å². The first-order valence-electron chi connectivity index (χ1n) is 5.78. The van der Waals surface area contributed by atoms with Crippen molar-refractivity contribution in [2.75, 3.05) is 0 Å². The second-order valence-electron chi connectivity index (χ2n) is 4.10. The first-order valence-corrected chi connectivity index (χ1v) is 6.58. The van der Waals surface area contributed by atoms with Crippen molar-refractivity contribution in [3.8, 4) is 11.5 Å². The SMILES string of the molecule is CC(=O)c1ccc(OCc2ccccc2)c(O)c1Br. The standard InChI is InChI=1S/C15H13BrO3/c1-10(17)12-7-8-13(15(18)14(12)16)19-9-11-5-3-2-4-6-11/h2-8,18H,9H2,1H3. The molecule has 0 saturated carbocycles. The maximum Gasteiger partial charge on any atom is 0.172 e. The summed E-state index contributed by atoms with van der Waals surface area (Å²) in [6.45, 7) is 1.81. The van der Waals surface area contributed by atoms with E-state index in [2.05, 4.69) is 15.9 Å². The molecule has 4 heteroatoms. The molecule has 2 aromatic carbocycles. The Morgan fingerprint density at radius 2 is 1.89 bits per heavy atom. The van der Waals surface area contributed by atoms with Crippen LogP contribution in [-0.4, -0.2) is 10.9 Å². The summed E-state index contributed by atoms with van der Waals surface area (Å²) in [5, 5.41) is 9.98. The van der Waals surface area contributed by atoms with Gasteiger partial charge in [-0.1, -0.05) is 30.3 Å². The molecule has 19 heavy (non-hydrogen) atoms. The molecule has 0 aliphatic carbocycles. The summed E-state index contributed by atoms with van der Waals surface area (Å²) in [5.41, 5.74) is 1.44. The maximum atomic E-state index is 11.3. The molecule has 0 bridgehead atoms. The fourth-order valence-corrected chi connectivity index (χ4v) is 2.28. The zero-order valence-electron chi connectivity index (χ0n) is 10.4. The summed E-state index contributed by atoms with van der Waals surface area (Å²) in [6.07, 6.45) is 0. The topological polar surface area (TPSA) is 46.5 Å². The minimum atomic E-state index is -0.114. The number of benzene rings is 2. The summed E-state index contributed by atoms with van der Waals surface area (Å²) in [5.74, 6) is 0.182. The van der Waals surface area contributed by atoms with Crippen molar-refractivity contribution in [3.05, 3.63) is 58.1 Å². The van der Waals surface area contributed by atoms with Crippen molar-refractivity contribution in [2.24, 2.45) is 0 Å². The monoisotopic (exact) mass is 320 g/mol. The van der Waals surface area contributed by atoms with E-state index in [4.69, 9.17) is 4.74 Å². The van der Waals surface area contributed by atoms with Gasteiger partial charge in [0.15, 0.2) is 17.3 Å². The maximum absolute atomic E-state index is 11.3. The molecule has 0 unspecified atom stereocenters. The van der Waals surface area contributed by atoms with E-state index in [0.717, 1.165) is 5.56 Å². The van der Waals surface area contributed by atoms with Gasteiger partial charge in [-0.25, -0.2) is 0 Å². The number of Topliss-reactive ketones (excluding diaryl/α,β-unsaturated/α-hetero) is 1. The van der Waals surface area contributed by atoms with E-state index < -0.39 is 0 Å². The number of phenols is 1. The first-order chi connectivity index (χ1) is 9.09. The number of rotatable bonds is 4. The van der Waals surface area contributed by atoms with E-state index in [9.17, 15) is 9.90 Å². The summed E-state index contributed by atoms with van der Waals surface area (Å²) in [4.78, 5) is 11.3. The second kappa shape index (κ2) is 5.89. The van der Waals surface area contributed by atoms with E-state index >= 15 is 0 Å². The number of halogens is 1. The zero-order chi connectivity index (χ0) is 13.8. The molecular weight excluding hydrogens is 308 g/mol. The number of ether oxygens (including phenoxy) is 1. The van der Waals surface area contributed by atoms with Gasteiger partial charge in [0, 0.05) is 5.56 Å². The normalized spacial score (nSPS) is 10.2. The third-order valence-electron chi connectivity index (χ3n) is 2.70. The summed E-state index contributed by atoms with van der Waals surface area (Å²) in [7, 11) is 0. The quantitative estimate of drug-likeness (QED) is 0.868. The van der Waals surface area contributed by atoms with E-state index in [1.165, 1.54) is 6.92 Å². The first kappa shape index (κ1) is 13.6. The van der Waals surface area contributed by atoms with Crippen LogP contribution in [0.1, 0.15) is 22.8 Å². The van der Waals surface area contributed by atoms with Gasteiger partial charge in [0.05, 0.1) is 4.47 Å². The molecule has 0 fully saturated rings. The predicted molar refractivity (Wildman–Crippen MR) is 76.6 cm³/mol. The molecule has 0 aliphatic rings. The van der Waals surface area contributed by atoms with E-state index in [1.807, 2.05) is 30.3 Å². The average molecular weight is 321 g/mol. The Labute approximate surface area is 120 Å². The van der Waals surface area contributed by atoms with Crippen LogP contribution in [0.3, 0.4) is 0 Å². The van der Waals surface area contributed by atoms with Crippen LogP contribution in [0.4, 0.5) is 0 Å². The fourth-order valence-electron chi connectivity index (χ4n) is 1.67. The summed E-state index contributed by atoms with van der Waals surface area (Å²) >= 11 is 3.21. The smallest absolute Gasteiger partial charge is 0.172 e. The molecule has 1 N–H and O–H groups in total. The van der Waals surface area contributed by atoms with Crippen molar-refractivity contribution in [1.82, 2.24) is 0 Å². The van der Waals surface area contributed by atoms with Gasteiger partial charge in [0.2, 0.25) is 0 Å². The largest absolute Gasteiger partial charge is 0.503 e. The lowest BCUT2D eigenvalue weighted by atomic mass is 10.1. The minimum Gasteiger partial charge on any atom is -0.503 e. The molecule has 0 spiro atoms. The summed E-state index contributed by atoms with van der Waals surface area (Å²) < 4.78 is 5.91. The number of carbonyl (C=O) groups excluding carboxylic acids is 1. The fraction of sp³-hybridized carbons (Fsp3) is 0.133. The van der Waals surface area contributed by atoms with Crippen molar-refractivity contribution in [1.29, 1.82) is 0 Å².